The molecule has 0 fully saturated rings. The summed E-state index contributed by atoms with van der Waals surface area (Å²) in [5.74, 6) is -2.23. The number of rotatable bonds is 4. The molecule has 1 heterocycles. The fourth-order valence-electron chi connectivity index (χ4n) is 2.41. The average Bonchev–Trinajstić information content (AvgIpc) is 2.64. The molecule has 27 heavy (non-hydrogen) atoms. The maximum atomic E-state index is 12.2. The van der Waals surface area contributed by atoms with Crippen molar-refractivity contribution in [2.24, 2.45) is 5.10 Å². The monoisotopic (exact) mass is 403 g/mol. The number of benzene rings is 2. The second-order valence-electron chi connectivity index (χ2n) is 5.63. The van der Waals surface area contributed by atoms with E-state index in [-0.39, 0.29) is 11.8 Å². The summed E-state index contributed by atoms with van der Waals surface area (Å²) >= 11 is 7.05. The lowest BCUT2D eigenvalue weighted by Crippen LogP contribution is -2.29. The number of thioether (sulfide) groups is 1. The minimum atomic E-state index is -1.57. The van der Waals surface area contributed by atoms with E-state index in [1.54, 1.807) is 36.4 Å². The molecule has 2 aromatic rings. The van der Waals surface area contributed by atoms with Crippen LogP contribution >= 0.6 is 23.4 Å². The predicted octanol–water partition coefficient (Wildman–Crippen LogP) is 3.44. The Morgan fingerprint density at radius 1 is 1.22 bits per heavy atom. The van der Waals surface area contributed by atoms with Crippen molar-refractivity contribution in [3.63, 3.8) is 0 Å². The minimum Gasteiger partial charge on any atom is -0.474 e. The van der Waals surface area contributed by atoms with E-state index >= 15 is 0 Å². The smallest absolute Gasteiger partial charge is 0.394 e. The minimum absolute atomic E-state index is 0.187. The Bertz CT molecular complexity index is 930. The SMILES string of the molecule is O=C(O)C(=O)Nc1cccc(CN2N=C(c3ccc(Cl)cc3)CSC2=O)c1. The molecule has 2 amide bonds. The molecule has 2 aromatic carbocycles. The van der Waals surface area contributed by atoms with Crippen LogP contribution in [0.5, 0.6) is 0 Å². The van der Waals surface area contributed by atoms with Gasteiger partial charge in [-0.15, -0.1) is 0 Å². The van der Waals surface area contributed by atoms with Gasteiger partial charge in [-0.3, -0.25) is 9.59 Å². The van der Waals surface area contributed by atoms with E-state index in [0.717, 1.165) is 23.0 Å². The maximum absolute atomic E-state index is 12.2. The Kier molecular flexibility index (Phi) is 5.78. The molecule has 1 aliphatic heterocycles. The highest BCUT2D eigenvalue weighted by molar-refractivity contribution is 8.14. The summed E-state index contributed by atoms with van der Waals surface area (Å²) in [5.41, 5.74) is 2.67. The van der Waals surface area contributed by atoms with Gasteiger partial charge in [0.25, 0.3) is 0 Å². The number of hydrazone groups is 1. The Hall–Kier alpha value is -2.84. The third-order valence-corrected chi connectivity index (χ3v) is 4.80. The number of aliphatic carboxylic acids is 1. The van der Waals surface area contributed by atoms with Crippen molar-refractivity contribution >= 4 is 51.9 Å². The number of anilines is 1. The van der Waals surface area contributed by atoms with Crippen LogP contribution < -0.4 is 5.32 Å². The molecule has 9 heteroatoms. The van der Waals surface area contributed by atoms with Crippen LogP contribution in [0.25, 0.3) is 0 Å². The molecule has 0 atom stereocenters. The van der Waals surface area contributed by atoms with Crippen molar-refractivity contribution in [2.45, 2.75) is 6.54 Å². The number of carbonyl (C=O) groups is 3. The number of hydrogen-bond acceptors (Lipinski definition) is 5. The largest absolute Gasteiger partial charge is 0.474 e. The zero-order valence-corrected chi connectivity index (χ0v) is 15.5. The lowest BCUT2D eigenvalue weighted by Gasteiger charge is -2.23. The number of amides is 2. The standard InChI is InChI=1S/C18H14ClN3O4S/c19-13-6-4-12(5-7-13)15-10-27-18(26)22(21-15)9-11-2-1-3-14(8-11)20-16(23)17(24)25/h1-8H,9-10H2,(H,20,23)(H,24,25). The van der Waals surface area contributed by atoms with Crippen LogP contribution in [0.4, 0.5) is 10.5 Å². The molecule has 7 nitrogen and oxygen atoms in total. The summed E-state index contributed by atoms with van der Waals surface area (Å²) in [5, 5.41) is 17.2. The van der Waals surface area contributed by atoms with Crippen molar-refractivity contribution in [1.82, 2.24) is 5.01 Å². The highest BCUT2D eigenvalue weighted by Crippen LogP contribution is 2.23. The van der Waals surface area contributed by atoms with Crippen molar-refractivity contribution in [2.75, 3.05) is 11.1 Å². The number of carboxylic acid groups (broad SMARTS) is 1. The first-order chi connectivity index (χ1) is 12.9. The van der Waals surface area contributed by atoms with Crippen LogP contribution in [0.3, 0.4) is 0 Å². The van der Waals surface area contributed by atoms with Gasteiger partial charge < -0.3 is 10.4 Å². The molecule has 3 rings (SSSR count). The van der Waals surface area contributed by atoms with E-state index in [2.05, 4.69) is 10.4 Å². The van der Waals surface area contributed by atoms with Gasteiger partial charge in [-0.1, -0.05) is 47.6 Å². The van der Waals surface area contributed by atoms with Crippen LogP contribution in [-0.4, -0.2) is 38.7 Å². The summed E-state index contributed by atoms with van der Waals surface area (Å²) in [4.78, 5) is 34.1. The van der Waals surface area contributed by atoms with Gasteiger partial charge in [-0.05, 0) is 35.4 Å². The predicted molar refractivity (Wildman–Crippen MR) is 104 cm³/mol. The quantitative estimate of drug-likeness (QED) is 0.762. The van der Waals surface area contributed by atoms with E-state index in [1.165, 1.54) is 5.01 Å². The summed E-state index contributed by atoms with van der Waals surface area (Å²) < 4.78 is 0. The van der Waals surface area contributed by atoms with E-state index in [9.17, 15) is 14.4 Å². The molecule has 0 saturated heterocycles. The molecule has 2 N–H and O–H groups in total. The zero-order valence-electron chi connectivity index (χ0n) is 13.9. The van der Waals surface area contributed by atoms with Crippen LogP contribution in [-0.2, 0) is 16.1 Å². The highest BCUT2D eigenvalue weighted by Gasteiger charge is 2.22. The van der Waals surface area contributed by atoms with Crippen molar-refractivity contribution in [3.8, 4) is 0 Å². The first-order valence-corrected chi connectivity index (χ1v) is 9.19. The first-order valence-electron chi connectivity index (χ1n) is 7.83. The van der Waals surface area contributed by atoms with Gasteiger partial charge in [0.1, 0.15) is 0 Å². The number of nitrogens with one attached hydrogen (secondary N) is 1. The second-order valence-corrected chi connectivity index (χ2v) is 6.99. The Morgan fingerprint density at radius 3 is 2.67 bits per heavy atom. The van der Waals surface area contributed by atoms with E-state index < -0.39 is 11.9 Å². The topological polar surface area (TPSA) is 99.1 Å². The van der Waals surface area contributed by atoms with Gasteiger partial charge in [-0.25, -0.2) is 9.80 Å². The molecule has 0 saturated carbocycles. The van der Waals surface area contributed by atoms with Crippen LogP contribution in [0.1, 0.15) is 11.1 Å². The van der Waals surface area contributed by atoms with Gasteiger partial charge in [-0.2, -0.15) is 5.10 Å². The maximum Gasteiger partial charge on any atom is 0.394 e. The van der Waals surface area contributed by atoms with Gasteiger partial charge in [0, 0.05) is 16.5 Å². The number of hydrogen-bond donors (Lipinski definition) is 2. The van der Waals surface area contributed by atoms with Gasteiger partial charge in [0.15, 0.2) is 0 Å². The lowest BCUT2D eigenvalue weighted by atomic mass is 10.1. The number of nitrogens with zero attached hydrogens (tertiary/aromatic N) is 2. The van der Waals surface area contributed by atoms with E-state index in [0.29, 0.717) is 22.0 Å². The molecular formula is C18H14ClN3O4S. The van der Waals surface area contributed by atoms with E-state index in [1.807, 2.05) is 12.1 Å². The summed E-state index contributed by atoms with van der Waals surface area (Å²) in [7, 11) is 0. The van der Waals surface area contributed by atoms with Crippen molar-refractivity contribution < 1.29 is 19.5 Å². The van der Waals surface area contributed by atoms with Crippen LogP contribution in [0.15, 0.2) is 53.6 Å². The van der Waals surface area contributed by atoms with Gasteiger partial charge in [0.05, 0.1) is 12.3 Å². The summed E-state index contributed by atoms with van der Waals surface area (Å²) in [6.45, 7) is 0.194. The lowest BCUT2D eigenvalue weighted by molar-refractivity contribution is -0.147. The summed E-state index contributed by atoms with van der Waals surface area (Å²) in [6.07, 6.45) is 0. The molecule has 0 aromatic heterocycles. The average molecular weight is 404 g/mol. The Morgan fingerprint density at radius 2 is 1.96 bits per heavy atom. The molecule has 0 bridgehead atoms. The normalized spacial score (nSPS) is 13.9. The van der Waals surface area contributed by atoms with Crippen molar-refractivity contribution in [1.29, 1.82) is 0 Å². The fourth-order valence-corrected chi connectivity index (χ4v) is 3.27. The van der Waals surface area contributed by atoms with Gasteiger partial charge in [0.2, 0.25) is 0 Å². The first kappa shape index (κ1) is 18.9. The number of carbonyl (C=O) groups excluding carboxylic acids is 2. The molecule has 0 radical (unpaired) electrons. The number of carboxylic acids is 1. The fraction of sp³-hybridized carbons (Fsp3) is 0.111. The zero-order chi connectivity index (χ0) is 19.4. The Balaban J connectivity index is 1.78. The van der Waals surface area contributed by atoms with E-state index in [4.69, 9.17) is 16.7 Å². The second kappa shape index (κ2) is 8.24. The van der Waals surface area contributed by atoms with Crippen LogP contribution in [0, 0.1) is 0 Å². The highest BCUT2D eigenvalue weighted by atomic mass is 35.5. The van der Waals surface area contributed by atoms with Crippen molar-refractivity contribution in [3.05, 3.63) is 64.7 Å². The summed E-state index contributed by atoms with van der Waals surface area (Å²) in [6, 6.07) is 13.8. The molecule has 138 valence electrons. The molecule has 0 aliphatic carbocycles. The third kappa shape index (κ3) is 4.87. The van der Waals surface area contributed by atoms with Crippen LogP contribution in [0.2, 0.25) is 5.02 Å². The number of halogens is 1. The molecular weight excluding hydrogens is 390 g/mol. The molecule has 0 unspecified atom stereocenters. The van der Waals surface area contributed by atoms with Gasteiger partial charge >= 0.3 is 17.1 Å². The third-order valence-electron chi connectivity index (χ3n) is 3.67. The Labute approximate surface area is 164 Å². The molecule has 0 spiro atoms. The molecule has 1 aliphatic rings.